The maximum Gasteiger partial charge on any atom is 0.335 e. The minimum Gasteiger partial charge on any atom is -0.489 e. The molecule has 0 bridgehead atoms. The van der Waals surface area contributed by atoms with E-state index in [0.717, 1.165) is 16.9 Å². The standard InChI is InChI=1S/C23H17NO4/c25-23(26)18-11-9-17(10-12-18)22-24-14-21(28-22)19-7-4-8-20(13-19)27-15-16-5-2-1-3-6-16/h1-14H,15H2,(H,25,26). The third-order valence-electron chi connectivity index (χ3n) is 4.25. The Kier molecular flexibility index (Phi) is 4.89. The van der Waals surface area contributed by atoms with Gasteiger partial charge in [0.05, 0.1) is 11.8 Å². The second kappa shape index (κ2) is 7.80. The molecule has 0 saturated carbocycles. The zero-order chi connectivity index (χ0) is 19.3. The molecule has 138 valence electrons. The molecule has 0 aliphatic heterocycles. The van der Waals surface area contributed by atoms with Crippen molar-refractivity contribution in [3.8, 4) is 28.5 Å². The molecule has 1 N–H and O–H groups in total. The number of hydrogen-bond donors (Lipinski definition) is 1. The number of carboxylic acid groups (broad SMARTS) is 1. The molecule has 3 aromatic carbocycles. The molecule has 0 aliphatic rings. The highest BCUT2D eigenvalue weighted by molar-refractivity contribution is 5.88. The molecule has 1 aromatic heterocycles. The third-order valence-corrected chi connectivity index (χ3v) is 4.25. The van der Waals surface area contributed by atoms with Crippen LogP contribution in [-0.2, 0) is 6.61 Å². The van der Waals surface area contributed by atoms with Gasteiger partial charge in [-0.3, -0.25) is 0 Å². The predicted molar refractivity (Wildman–Crippen MR) is 105 cm³/mol. The number of carboxylic acids is 1. The fourth-order valence-electron chi connectivity index (χ4n) is 2.78. The first-order chi connectivity index (χ1) is 13.7. The zero-order valence-corrected chi connectivity index (χ0v) is 14.9. The molecule has 28 heavy (non-hydrogen) atoms. The van der Waals surface area contributed by atoms with Gasteiger partial charge in [-0.25, -0.2) is 9.78 Å². The van der Waals surface area contributed by atoms with E-state index in [2.05, 4.69) is 4.98 Å². The van der Waals surface area contributed by atoms with Gasteiger partial charge >= 0.3 is 5.97 Å². The van der Waals surface area contributed by atoms with Crippen molar-refractivity contribution in [2.24, 2.45) is 0 Å². The highest BCUT2D eigenvalue weighted by Crippen LogP contribution is 2.28. The second-order valence-electron chi connectivity index (χ2n) is 6.21. The summed E-state index contributed by atoms with van der Waals surface area (Å²) in [7, 11) is 0. The number of nitrogens with zero attached hydrogens (tertiary/aromatic N) is 1. The molecule has 0 spiro atoms. The van der Waals surface area contributed by atoms with E-state index in [-0.39, 0.29) is 5.56 Å². The Hall–Kier alpha value is -3.86. The van der Waals surface area contributed by atoms with Crippen LogP contribution in [0.15, 0.2) is 89.5 Å². The van der Waals surface area contributed by atoms with Gasteiger partial charge in [-0.1, -0.05) is 42.5 Å². The van der Waals surface area contributed by atoms with Crippen LogP contribution in [0.4, 0.5) is 0 Å². The molecule has 5 heteroatoms. The monoisotopic (exact) mass is 371 g/mol. The highest BCUT2D eigenvalue weighted by atomic mass is 16.5. The minimum atomic E-state index is -0.966. The Morgan fingerprint density at radius 3 is 2.46 bits per heavy atom. The van der Waals surface area contributed by atoms with Gasteiger partial charge in [0.25, 0.3) is 0 Å². The molecule has 0 aliphatic carbocycles. The number of aromatic carboxylic acids is 1. The normalized spacial score (nSPS) is 10.6. The maximum atomic E-state index is 11.0. The zero-order valence-electron chi connectivity index (χ0n) is 14.9. The lowest BCUT2D eigenvalue weighted by molar-refractivity contribution is 0.0697. The number of hydrogen-bond acceptors (Lipinski definition) is 4. The summed E-state index contributed by atoms with van der Waals surface area (Å²) in [5, 5.41) is 8.99. The Balaban J connectivity index is 1.51. The van der Waals surface area contributed by atoms with Gasteiger partial charge in [-0.15, -0.1) is 0 Å². The molecule has 4 aromatic rings. The summed E-state index contributed by atoms with van der Waals surface area (Å²) in [5.41, 5.74) is 2.89. The molecule has 0 atom stereocenters. The lowest BCUT2D eigenvalue weighted by Gasteiger charge is -2.07. The van der Waals surface area contributed by atoms with Gasteiger partial charge in [0.2, 0.25) is 5.89 Å². The number of ether oxygens (including phenoxy) is 1. The third kappa shape index (κ3) is 3.94. The summed E-state index contributed by atoms with van der Waals surface area (Å²) in [6.45, 7) is 0.488. The molecule has 0 saturated heterocycles. The summed E-state index contributed by atoms with van der Waals surface area (Å²) >= 11 is 0. The molecule has 5 nitrogen and oxygen atoms in total. The van der Waals surface area contributed by atoms with E-state index in [1.807, 2.05) is 54.6 Å². The van der Waals surface area contributed by atoms with Crippen molar-refractivity contribution in [3.05, 3.63) is 96.2 Å². The number of carbonyl (C=O) groups is 1. The van der Waals surface area contributed by atoms with Gasteiger partial charge in [-0.05, 0) is 42.0 Å². The molecular weight excluding hydrogens is 354 g/mol. The highest BCUT2D eigenvalue weighted by Gasteiger charge is 2.10. The van der Waals surface area contributed by atoms with Crippen molar-refractivity contribution < 1.29 is 19.1 Å². The summed E-state index contributed by atoms with van der Waals surface area (Å²) in [6.07, 6.45) is 1.65. The Morgan fingerprint density at radius 1 is 0.929 bits per heavy atom. The largest absolute Gasteiger partial charge is 0.489 e. The van der Waals surface area contributed by atoms with Crippen molar-refractivity contribution in [2.45, 2.75) is 6.61 Å². The maximum absolute atomic E-state index is 11.0. The van der Waals surface area contributed by atoms with Gasteiger partial charge in [-0.2, -0.15) is 0 Å². The lowest BCUT2D eigenvalue weighted by atomic mass is 10.1. The van der Waals surface area contributed by atoms with Gasteiger partial charge < -0.3 is 14.3 Å². The smallest absolute Gasteiger partial charge is 0.335 e. The van der Waals surface area contributed by atoms with Crippen molar-refractivity contribution in [1.29, 1.82) is 0 Å². The molecule has 0 unspecified atom stereocenters. The van der Waals surface area contributed by atoms with E-state index in [4.69, 9.17) is 14.3 Å². The molecule has 0 amide bonds. The van der Waals surface area contributed by atoms with Crippen molar-refractivity contribution in [3.63, 3.8) is 0 Å². The Labute approximate surface area is 161 Å². The van der Waals surface area contributed by atoms with Crippen molar-refractivity contribution in [1.82, 2.24) is 4.98 Å². The van der Waals surface area contributed by atoms with E-state index in [1.165, 1.54) is 12.1 Å². The first kappa shape index (κ1) is 17.5. The average molecular weight is 371 g/mol. The van der Waals surface area contributed by atoms with Crippen LogP contribution >= 0.6 is 0 Å². The van der Waals surface area contributed by atoms with E-state index in [1.54, 1.807) is 18.3 Å². The Morgan fingerprint density at radius 2 is 1.71 bits per heavy atom. The summed E-state index contributed by atoms with van der Waals surface area (Å²) < 4.78 is 11.7. The van der Waals surface area contributed by atoms with E-state index < -0.39 is 5.97 Å². The van der Waals surface area contributed by atoms with Crippen LogP contribution in [0, 0.1) is 0 Å². The van der Waals surface area contributed by atoms with Crippen molar-refractivity contribution >= 4 is 5.97 Å². The summed E-state index contributed by atoms with van der Waals surface area (Å²) in [5.74, 6) is 0.821. The van der Waals surface area contributed by atoms with Crippen LogP contribution in [0.25, 0.3) is 22.8 Å². The summed E-state index contributed by atoms with van der Waals surface area (Å²) in [6, 6.07) is 24.0. The summed E-state index contributed by atoms with van der Waals surface area (Å²) in [4.78, 5) is 15.3. The van der Waals surface area contributed by atoms with Crippen LogP contribution in [0.3, 0.4) is 0 Å². The number of aromatic nitrogens is 1. The van der Waals surface area contributed by atoms with Crippen LogP contribution in [-0.4, -0.2) is 16.1 Å². The van der Waals surface area contributed by atoms with E-state index in [9.17, 15) is 4.79 Å². The lowest BCUT2D eigenvalue weighted by Crippen LogP contribution is -1.95. The van der Waals surface area contributed by atoms with Gasteiger partial charge in [0, 0.05) is 11.1 Å². The predicted octanol–water partition coefficient (Wildman–Crippen LogP) is 5.29. The molecule has 0 fully saturated rings. The van der Waals surface area contributed by atoms with Gasteiger partial charge in [0.1, 0.15) is 12.4 Å². The molecular formula is C23H17NO4. The SMILES string of the molecule is O=C(O)c1ccc(-c2ncc(-c3cccc(OCc4ccccc4)c3)o2)cc1. The van der Waals surface area contributed by atoms with Crippen LogP contribution in [0.2, 0.25) is 0 Å². The van der Waals surface area contributed by atoms with Gasteiger partial charge in [0.15, 0.2) is 5.76 Å². The average Bonchev–Trinajstić information content (AvgIpc) is 3.24. The fraction of sp³-hybridized carbons (Fsp3) is 0.0435. The minimum absolute atomic E-state index is 0.221. The number of oxazole rings is 1. The molecule has 1 heterocycles. The second-order valence-corrected chi connectivity index (χ2v) is 6.21. The fourth-order valence-corrected chi connectivity index (χ4v) is 2.78. The van der Waals surface area contributed by atoms with Crippen LogP contribution in [0.5, 0.6) is 5.75 Å². The van der Waals surface area contributed by atoms with E-state index in [0.29, 0.717) is 23.8 Å². The molecule has 4 rings (SSSR count). The molecule has 0 radical (unpaired) electrons. The Bertz CT molecular complexity index is 1090. The number of rotatable bonds is 6. The quantitative estimate of drug-likeness (QED) is 0.499. The van der Waals surface area contributed by atoms with Crippen molar-refractivity contribution in [2.75, 3.05) is 0 Å². The van der Waals surface area contributed by atoms with E-state index >= 15 is 0 Å². The number of benzene rings is 3. The topological polar surface area (TPSA) is 72.6 Å². The first-order valence-electron chi connectivity index (χ1n) is 8.76. The first-order valence-corrected chi connectivity index (χ1v) is 8.76. The van der Waals surface area contributed by atoms with Crippen LogP contribution in [0.1, 0.15) is 15.9 Å². The van der Waals surface area contributed by atoms with Crippen LogP contribution < -0.4 is 4.74 Å².